The molecule has 2 aliphatic heterocycles. The number of fused-ring (bicyclic) bond motifs is 2. The minimum Gasteiger partial charge on any atom is -0.493 e. The van der Waals surface area contributed by atoms with Crippen LogP contribution in [0.15, 0.2) is 12.1 Å². The van der Waals surface area contributed by atoms with Crippen LogP contribution in [0.2, 0.25) is 0 Å². The second kappa shape index (κ2) is 5.24. The van der Waals surface area contributed by atoms with Gasteiger partial charge in [0.1, 0.15) is 11.7 Å². The Morgan fingerprint density at radius 3 is 2.79 bits per heavy atom. The Balaban J connectivity index is 1.68. The summed E-state index contributed by atoms with van der Waals surface area (Å²) in [6.07, 6.45) is 4.83. The molecule has 28 heavy (non-hydrogen) atoms. The molecule has 1 aromatic rings. The molecule has 1 aromatic carbocycles. The van der Waals surface area contributed by atoms with Crippen molar-refractivity contribution in [3.05, 3.63) is 23.3 Å². The van der Waals surface area contributed by atoms with Gasteiger partial charge in [0, 0.05) is 35.5 Å². The summed E-state index contributed by atoms with van der Waals surface area (Å²) >= 11 is 0. The number of piperidine rings is 1. The zero-order chi connectivity index (χ0) is 19.5. The molecule has 3 saturated carbocycles. The van der Waals surface area contributed by atoms with E-state index in [-0.39, 0.29) is 22.9 Å². The van der Waals surface area contributed by atoms with Crippen molar-refractivity contribution in [1.29, 1.82) is 0 Å². The Morgan fingerprint density at radius 1 is 1.25 bits per heavy atom. The maximum atomic E-state index is 10.8. The third-order valence-corrected chi connectivity index (χ3v) is 9.47. The molecule has 0 amide bonds. The molecule has 2 heterocycles. The first-order valence-electron chi connectivity index (χ1n) is 10.8. The molecule has 4 fully saturated rings. The van der Waals surface area contributed by atoms with Gasteiger partial charge in [0.05, 0.1) is 13.2 Å². The van der Waals surface area contributed by atoms with Crippen LogP contribution in [-0.4, -0.2) is 61.7 Å². The SMILES string of the molecule is COc1ccc2c3c1O[C@H]1[C@@]4(OC)CC[C@@]5(C[C@@H]4C(C)O)[C@@H](C2)N(C)CC[C@]315. The number of ether oxygens (including phenoxy) is 3. The van der Waals surface area contributed by atoms with Gasteiger partial charge in [-0.3, -0.25) is 0 Å². The summed E-state index contributed by atoms with van der Waals surface area (Å²) < 4.78 is 18.9. The number of likely N-dealkylation sites (N-methyl/N-ethyl adjacent to an activating group) is 1. The number of aliphatic hydroxyl groups is 1. The largest absolute Gasteiger partial charge is 0.493 e. The number of nitrogens with zero attached hydrogens (tertiary/aromatic N) is 1. The van der Waals surface area contributed by atoms with Gasteiger partial charge in [-0.15, -0.1) is 0 Å². The number of aliphatic hydroxyl groups excluding tert-OH is 1. The molecule has 4 bridgehead atoms. The van der Waals surface area contributed by atoms with Crippen LogP contribution in [0, 0.1) is 11.3 Å². The lowest BCUT2D eigenvalue weighted by molar-refractivity contribution is -0.287. The Kier molecular flexibility index (Phi) is 3.28. The number of hydrogen-bond acceptors (Lipinski definition) is 5. The molecule has 7 rings (SSSR count). The molecule has 5 heteroatoms. The van der Waals surface area contributed by atoms with Crippen molar-refractivity contribution in [3.8, 4) is 11.5 Å². The molecule has 0 radical (unpaired) electrons. The molecule has 1 unspecified atom stereocenters. The molecule has 1 N–H and O–H groups in total. The Morgan fingerprint density at radius 2 is 2.07 bits per heavy atom. The molecule has 6 aliphatic rings. The van der Waals surface area contributed by atoms with Crippen LogP contribution in [0.4, 0.5) is 0 Å². The van der Waals surface area contributed by atoms with Gasteiger partial charge in [0.2, 0.25) is 0 Å². The Bertz CT molecular complexity index is 855. The third kappa shape index (κ3) is 1.58. The Labute approximate surface area is 167 Å². The fourth-order valence-electron chi connectivity index (χ4n) is 8.45. The highest BCUT2D eigenvalue weighted by molar-refractivity contribution is 5.63. The van der Waals surface area contributed by atoms with Crippen molar-refractivity contribution >= 4 is 0 Å². The fourth-order valence-corrected chi connectivity index (χ4v) is 8.45. The highest BCUT2D eigenvalue weighted by Crippen LogP contribution is 2.76. The van der Waals surface area contributed by atoms with E-state index in [0.717, 1.165) is 50.1 Å². The van der Waals surface area contributed by atoms with Crippen LogP contribution in [0.1, 0.15) is 43.7 Å². The van der Waals surface area contributed by atoms with E-state index in [4.69, 9.17) is 14.2 Å². The highest BCUT2D eigenvalue weighted by Gasteiger charge is 2.80. The van der Waals surface area contributed by atoms with Gasteiger partial charge in [-0.25, -0.2) is 0 Å². The summed E-state index contributed by atoms with van der Waals surface area (Å²) in [4.78, 5) is 2.58. The summed E-state index contributed by atoms with van der Waals surface area (Å²) in [5.74, 6) is 1.89. The number of benzene rings is 1. The van der Waals surface area contributed by atoms with E-state index in [1.165, 1.54) is 11.1 Å². The van der Waals surface area contributed by atoms with Gasteiger partial charge in [-0.2, -0.15) is 0 Å². The predicted octanol–water partition coefficient (Wildman–Crippen LogP) is 2.52. The van der Waals surface area contributed by atoms with Gasteiger partial charge in [-0.1, -0.05) is 6.07 Å². The molecule has 7 atom stereocenters. The van der Waals surface area contributed by atoms with E-state index in [2.05, 4.69) is 24.1 Å². The van der Waals surface area contributed by atoms with Crippen molar-refractivity contribution in [1.82, 2.24) is 4.90 Å². The lowest BCUT2D eigenvalue weighted by Crippen LogP contribution is -2.81. The summed E-state index contributed by atoms with van der Waals surface area (Å²) in [6.45, 7) is 3.02. The van der Waals surface area contributed by atoms with E-state index >= 15 is 0 Å². The first kappa shape index (κ1) is 17.5. The van der Waals surface area contributed by atoms with Crippen molar-refractivity contribution in [2.24, 2.45) is 11.3 Å². The van der Waals surface area contributed by atoms with Gasteiger partial charge in [-0.05, 0) is 64.3 Å². The van der Waals surface area contributed by atoms with Crippen molar-refractivity contribution in [3.63, 3.8) is 0 Å². The zero-order valence-corrected chi connectivity index (χ0v) is 17.3. The van der Waals surface area contributed by atoms with Crippen LogP contribution < -0.4 is 9.47 Å². The highest BCUT2D eigenvalue weighted by atomic mass is 16.6. The summed E-state index contributed by atoms with van der Waals surface area (Å²) in [7, 11) is 5.84. The van der Waals surface area contributed by atoms with Gasteiger partial charge in [0.15, 0.2) is 11.5 Å². The fraction of sp³-hybridized carbons (Fsp3) is 0.739. The first-order valence-corrected chi connectivity index (χ1v) is 10.8. The van der Waals surface area contributed by atoms with Crippen molar-refractivity contribution < 1.29 is 19.3 Å². The average Bonchev–Trinajstić information content (AvgIpc) is 3.07. The third-order valence-electron chi connectivity index (χ3n) is 9.47. The lowest BCUT2D eigenvalue weighted by atomic mass is 9.34. The molecule has 1 saturated heterocycles. The molecular weight excluding hydrogens is 354 g/mol. The van der Waals surface area contributed by atoms with E-state index in [0.29, 0.717) is 6.04 Å². The number of rotatable bonds is 3. The van der Waals surface area contributed by atoms with Crippen molar-refractivity contribution in [2.75, 3.05) is 27.8 Å². The van der Waals surface area contributed by atoms with Gasteiger partial charge >= 0.3 is 0 Å². The minimum atomic E-state index is -0.435. The van der Waals surface area contributed by atoms with E-state index < -0.39 is 11.7 Å². The molecule has 5 nitrogen and oxygen atoms in total. The van der Waals surface area contributed by atoms with Crippen LogP contribution >= 0.6 is 0 Å². The second-order valence-electron chi connectivity index (χ2n) is 9.92. The number of likely N-dealkylation sites (tertiary alicyclic amines) is 1. The molecule has 2 spiro atoms. The van der Waals surface area contributed by atoms with Crippen LogP contribution in [-0.2, 0) is 16.6 Å². The van der Waals surface area contributed by atoms with E-state index in [9.17, 15) is 5.11 Å². The van der Waals surface area contributed by atoms with Gasteiger partial charge in [0.25, 0.3) is 0 Å². The predicted molar refractivity (Wildman–Crippen MR) is 105 cm³/mol. The summed E-state index contributed by atoms with van der Waals surface area (Å²) in [5.41, 5.74) is 2.51. The maximum Gasteiger partial charge on any atom is 0.165 e. The van der Waals surface area contributed by atoms with E-state index in [1.54, 1.807) is 7.11 Å². The average molecular weight is 386 g/mol. The number of methoxy groups -OCH3 is 2. The quantitative estimate of drug-likeness (QED) is 0.867. The lowest BCUT2D eigenvalue weighted by Gasteiger charge is -2.74. The monoisotopic (exact) mass is 385 g/mol. The molecule has 152 valence electrons. The topological polar surface area (TPSA) is 51.2 Å². The molecule has 0 aromatic heterocycles. The first-order chi connectivity index (χ1) is 13.4. The summed E-state index contributed by atoms with van der Waals surface area (Å²) in [5, 5.41) is 10.8. The Hall–Kier alpha value is -1.30. The maximum absolute atomic E-state index is 10.8. The van der Waals surface area contributed by atoms with Crippen molar-refractivity contribution in [2.45, 2.75) is 68.3 Å². The second-order valence-corrected chi connectivity index (χ2v) is 9.92. The van der Waals surface area contributed by atoms with E-state index in [1.807, 2.05) is 14.0 Å². The zero-order valence-electron chi connectivity index (χ0n) is 17.3. The minimum absolute atomic E-state index is 0.0265. The molecular formula is C23H31NO4. The van der Waals surface area contributed by atoms with Gasteiger partial charge < -0.3 is 24.2 Å². The normalized spacial score (nSPS) is 46.1. The van der Waals surface area contributed by atoms with Crippen LogP contribution in [0.5, 0.6) is 11.5 Å². The number of hydrogen-bond donors (Lipinski definition) is 1. The molecule has 4 aliphatic carbocycles. The van der Waals surface area contributed by atoms with Crippen LogP contribution in [0.3, 0.4) is 0 Å². The smallest absolute Gasteiger partial charge is 0.165 e. The summed E-state index contributed by atoms with van der Waals surface area (Å²) in [6, 6.07) is 4.83. The van der Waals surface area contributed by atoms with Crippen LogP contribution in [0.25, 0.3) is 0 Å². The standard InChI is InChI=1S/C23H31NO4/c1-13(25)15-12-21-7-8-23(15,27-4)20-22(21)9-10-24(2)17(21)11-14-5-6-16(26-3)19(28-20)18(14)22/h5-6,13,15,17,20,25H,7-12H2,1-4H3/t13?,15-,17-,20-,21-,22+,23-/m1/s1.